The zero-order valence-corrected chi connectivity index (χ0v) is 21.0. The number of anilines is 2. The van der Waals surface area contributed by atoms with E-state index in [1.165, 1.54) is 32.1 Å². The number of ether oxygens (including phenoxy) is 2. The summed E-state index contributed by atoms with van der Waals surface area (Å²) >= 11 is 0. The van der Waals surface area contributed by atoms with Crippen LogP contribution in [0.15, 0.2) is 30.3 Å². The smallest absolute Gasteiger partial charge is 0.163 e. The molecule has 5 rings (SSSR count). The highest BCUT2D eigenvalue weighted by atomic mass is 16.5. The molecular formula is C27H39N5O3. The molecule has 3 unspecified atom stereocenters. The summed E-state index contributed by atoms with van der Waals surface area (Å²) in [6, 6.07) is 10.6. The van der Waals surface area contributed by atoms with E-state index in [-0.39, 0.29) is 6.61 Å². The third-order valence-electron chi connectivity index (χ3n) is 7.52. The van der Waals surface area contributed by atoms with Crippen molar-refractivity contribution < 1.29 is 14.6 Å². The molecule has 1 aromatic heterocycles. The lowest BCUT2D eigenvalue weighted by Crippen LogP contribution is -2.43. The molecule has 35 heavy (non-hydrogen) atoms. The summed E-state index contributed by atoms with van der Waals surface area (Å²) in [5.74, 6) is 3.37. The van der Waals surface area contributed by atoms with Gasteiger partial charge >= 0.3 is 0 Å². The van der Waals surface area contributed by atoms with E-state index >= 15 is 0 Å². The number of fused-ring (bicyclic) bond motifs is 2. The lowest BCUT2D eigenvalue weighted by atomic mass is 9.94. The van der Waals surface area contributed by atoms with E-state index in [2.05, 4.69) is 28.2 Å². The van der Waals surface area contributed by atoms with Crippen LogP contribution in [0.2, 0.25) is 0 Å². The van der Waals surface area contributed by atoms with Crippen molar-refractivity contribution in [1.29, 1.82) is 0 Å². The maximum absolute atomic E-state index is 10.0. The molecule has 2 N–H and O–H groups in total. The van der Waals surface area contributed by atoms with Crippen molar-refractivity contribution in [2.45, 2.75) is 69.3 Å². The van der Waals surface area contributed by atoms with Crippen LogP contribution in [0, 0.1) is 0 Å². The molecule has 2 bridgehead atoms. The third-order valence-corrected chi connectivity index (χ3v) is 7.52. The Morgan fingerprint density at radius 2 is 1.89 bits per heavy atom. The molecule has 3 atom stereocenters. The lowest BCUT2D eigenvalue weighted by Gasteiger charge is -2.35. The SMILES string of the molecule is CNCC(O)COc1cccc(-c2nc(N3CC4CCC(C3)O4)cc(N(C)C3CCCCC3)n2)c1. The Bertz CT molecular complexity index is 971. The van der Waals surface area contributed by atoms with Crippen molar-refractivity contribution in [2.75, 3.05) is 50.1 Å². The third kappa shape index (κ3) is 5.88. The Morgan fingerprint density at radius 3 is 2.63 bits per heavy atom. The van der Waals surface area contributed by atoms with Gasteiger partial charge in [0.1, 0.15) is 30.1 Å². The predicted octanol–water partition coefficient (Wildman–Crippen LogP) is 3.24. The number of hydrogen-bond acceptors (Lipinski definition) is 8. The van der Waals surface area contributed by atoms with E-state index in [4.69, 9.17) is 19.4 Å². The molecule has 2 aliphatic heterocycles. The molecular weight excluding hydrogens is 442 g/mol. The first-order valence-corrected chi connectivity index (χ1v) is 13.2. The minimum Gasteiger partial charge on any atom is -0.491 e. The average molecular weight is 482 g/mol. The van der Waals surface area contributed by atoms with Crippen LogP contribution in [-0.4, -0.2) is 79.8 Å². The van der Waals surface area contributed by atoms with Gasteiger partial charge in [-0.2, -0.15) is 0 Å². The largest absolute Gasteiger partial charge is 0.491 e. The van der Waals surface area contributed by atoms with Crippen molar-refractivity contribution >= 4 is 11.6 Å². The highest BCUT2D eigenvalue weighted by Gasteiger charge is 2.35. The van der Waals surface area contributed by atoms with E-state index in [9.17, 15) is 5.11 Å². The maximum atomic E-state index is 10.0. The van der Waals surface area contributed by atoms with Gasteiger partial charge in [-0.25, -0.2) is 9.97 Å². The standard InChI is InChI=1S/C27H39N5O3/c1-28-15-21(33)18-34-22-10-6-7-19(13-22)27-29-25(31(2)20-8-4-3-5-9-20)14-26(30-27)32-16-23-11-12-24(17-32)35-23/h6-7,10,13-14,20-21,23-24,28,33H,3-5,8-9,11-12,15-18H2,1-2H3. The van der Waals surface area contributed by atoms with Gasteiger partial charge in [-0.3, -0.25) is 0 Å². The molecule has 3 heterocycles. The number of morpholine rings is 1. The van der Waals surface area contributed by atoms with Crippen LogP contribution < -0.4 is 19.9 Å². The normalized spacial score (nSPS) is 23.3. The Balaban J connectivity index is 1.43. The Labute approximate surface area is 208 Å². The molecule has 1 aromatic carbocycles. The van der Waals surface area contributed by atoms with Crippen molar-refractivity contribution in [3.63, 3.8) is 0 Å². The van der Waals surface area contributed by atoms with Gasteiger partial charge in [0, 0.05) is 44.4 Å². The first kappa shape index (κ1) is 24.3. The van der Waals surface area contributed by atoms with Crippen LogP contribution in [-0.2, 0) is 4.74 Å². The number of hydrogen-bond donors (Lipinski definition) is 2. The van der Waals surface area contributed by atoms with Gasteiger partial charge in [-0.15, -0.1) is 0 Å². The number of aliphatic hydroxyl groups excluding tert-OH is 1. The second kappa shape index (κ2) is 11.1. The molecule has 2 aromatic rings. The average Bonchev–Trinajstić information content (AvgIpc) is 3.24. The van der Waals surface area contributed by atoms with Gasteiger partial charge in [0.05, 0.1) is 12.2 Å². The molecule has 2 saturated heterocycles. The van der Waals surface area contributed by atoms with Crippen LogP contribution in [0.1, 0.15) is 44.9 Å². The summed E-state index contributed by atoms with van der Waals surface area (Å²) in [6.07, 6.45) is 8.62. The van der Waals surface area contributed by atoms with Gasteiger partial charge < -0.3 is 29.7 Å². The summed E-state index contributed by atoms with van der Waals surface area (Å²) in [5, 5.41) is 13.0. The number of benzene rings is 1. The molecule has 0 radical (unpaired) electrons. The number of nitrogens with zero attached hydrogens (tertiary/aromatic N) is 4. The zero-order chi connectivity index (χ0) is 24.2. The van der Waals surface area contributed by atoms with E-state index in [0.717, 1.165) is 43.1 Å². The number of aliphatic hydroxyl groups is 1. The van der Waals surface area contributed by atoms with Gasteiger partial charge in [-0.1, -0.05) is 31.4 Å². The van der Waals surface area contributed by atoms with E-state index in [1.54, 1.807) is 0 Å². The summed E-state index contributed by atoms with van der Waals surface area (Å²) in [6.45, 7) is 2.48. The van der Waals surface area contributed by atoms with Gasteiger partial charge in [0.2, 0.25) is 0 Å². The van der Waals surface area contributed by atoms with Gasteiger partial charge in [-0.05, 0) is 44.9 Å². The first-order chi connectivity index (χ1) is 17.1. The molecule has 3 aliphatic rings. The molecule has 8 heteroatoms. The number of nitrogens with one attached hydrogen (secondary N) is 1. The van der Waals surface area contributed by atoms with Crippen molar-refractivity contribution in [2.24, 2.45) is 0 Å². The van der Waals surface area contributed by atoms with Gasteiger partial charge in [0.25, 0.3) is 0 Å². The maximum Gasteiger partial charge on any atom is 0.163 e. The fourth-order valence-electron chi connectivity index (χ4n) is 5.56. The summed E-state index contributed by atoms with van der Waals surface area (Å²) in [4.78, 5) is 14.8. The second-order valence-electron chi connectivity index (χ2n) is 10.2. The Hall–Kier alpha value is -2.42. The van der Waals surface area contributed by atoms with Crippen LogP contribution in [0.4, 0.5) is 11.6 Å². The predicted molar refractivity (Wildman–Crippen MR) is 138 cm³/mol. The number of rotatable bonds is 9. The molecule has 0 amide bonds. The minimum absolute atomic E-state index is 0.234. The molecule has 1 aliphatic carbocycles. The van der Waals surface area contributed by atoms with Crippen molar-refractivity contribution in [3.8, 4) is 17.1 Å². The molecule has 190 valence electrons. The number of likely N-dealkylation sites (N-methyl/N-ethyl adjacent to an activating group) is 1. The fraction of sp³-hybridized carbons (Fsp3) is 0.630. The van der Waals surface area contributed by atoms with Crippen molar-refractivity contribution in [1.82, 2.24) is 15.3 Å². The monoisotopic (exact) mass is 481 g/mol. The highest BCUT2D eigenvalue weighted by Crippen LogP contribution is 2.33. The van der Waals surface area contributed by atoms with Crippen LogP contribution in [0.3, 0.4) is 0 Å². The number of aromatic nitrogens is 2. The zero-order valence-electron chi connectivity index (χ0n) is 21.0. The summed E-state index contributed by atoms with van der Waals surface area (Å²) in [5.41, 5.74) is 0.919. The molecule has 0 spiro atoms. The lowest BCUT2D eigenvalue weighted by molar-refractivity contribution is 0.0302. The fourth-order valence-corrected chi connectivity index (χ4v) is 5.56. The first-order valence-electron chi connectivity index (χ1n) is 13.2. The van der Waals surface area contributed by atoms with Crippen molar-refractivity contribution in [3.05, 3.63) is 30.3 Å². The van der Waals surface area contributed by atoms with Crippen LogP contribution in [0.5, 0.6) is 5.75 Å². The van der Waals surface area contributed by atoms with Gasteiger partial charge in [0.15, 0.2) is 5.82 Å². The molecule has 3 fully saturated rings. The van der Waals surface area contributed by atoms with E-state index < -0.39 is 6.10 Å². The van der Waals surface area contributed by atoms with E-state index in [1.807, 2.05) is 31.3 Å². The topological polar surface area (TPSA) is 83.0 Å². The summed E-state index contributed by atoms with van der Waals surface area (Å²) in [7, 11) is 3.99. The Morgan fingerprint density at radius 1 is 1.11 bits per heavy atom. The van der Waals surface area contributed by atoms with E-state index in [0.29, 0.717) is 36.4 Å². The highest BCUT2D eigenvalue weighted by molar-refractivity contribution is 5.64. The quantitative estimate of drug-likeness (QED) is 0.565. The molecule has 1 saturated carbocycles. The van der Waals surface area contributed by atoms with Crippen LogP contribution in [0.25, 0.3) is 11.4 Å². The molecule has 8 nitrogen and oxygen atoms in total. The van der Waals surface area contributed by atoms with Crippen LogP contribution >= 0.6 is 0 Å². The second-order valence-corrected chi connectivity index (χ2v) is 10.2. The Kier molecular flexibility index (Phi) is 7.70. The summed E-state index contributed by atoms with van der Waals surface area (Å²) < 4.78 is 11.9. The minimum atomic E-state index is -0.560.